The van der Waals surface area contributed by atoms with E-state index in [1.165, 1.54) is 28.8 Å². The number of aromatic hydroxyl groups is 1. The highest BCUT2D eigenvalue weighted by atomic mass is 32.2. The Hall–Kier alpha value is -2.64. The van der Waals surface area contributed by atoms with E-state index in [-0.39, 0.29) is 30.4 Å². The molecule has 26 heavy (non-hydrogen) atoms. The molecule has 1 saturated heterocycles. The van der Waals surface area contributed by atoms with Gasteiger partial charge in [-0.3, -0.25) is 14.5 Å². The van der Waals surface area contributed by atoms with Gasteiger partial charge in [-0.25, -0.2) is 0 Å². The zero-order valence-electron chi connectivity index (χ0n) is 13.6. The Balaban J connectivity index is 1.59. The van der Waals surface area contributed by atoms with Crippen molar-refractivity contribution in [3.63, 3.8) is 0 Å². The van der Waals surface area contributed by atoms with E-state index in [2.05, 4.69) is 0 Å². The van der Waals surface area contributed by atoms with Crippen molar-refractivity contribution >= 4 is 46.3 Å². The van der Waals surface area contributed by atoms with Crippen molar-refractivity contribution in [2.75, 3.05) is 6.54 Å². The van der Waals surface area contributed by atoms with Crippen LogP contribution in [0.4, 0.5) is 0 Å². The summed E-state index contributed by atoms with van der Waals surface area (Å²) in [5.41, 5.74) is 0.913. The SMILES string of the molecule is O=C(CCN1C(=O)C(=Cc2ccccc2)SC1=S)Oc1cccc(O)c1. The number of nitrogens with zero attached hydrogens (tertiary/aromatic N) is 1. The van der Waals surface area contributed by atoms with E-state index in [1.54, 1.807) is 18.2 Å². The summed E-state index contributed by atoms with van der Waals surface area (Å²) < 4.78 is 5.57. The number of thioether (sulfide) groups is 1. The molecule has 0 unspecified atom stereocenters. The summed E-state index contributed by atoms with van der Waals surface area (Å²) in [7, 11) is 0. The van der Waals surface area contributed by atoms with Gasteiger partial charge in [0.1, 0.15) is 15.8 Å². The molecule has 0 spiro atoms. The van der Waals surface area contributed by atoms with Gasteiger partial charge in [-0.1, -0.05) is 60.4 Å². The van der Waals surface area contributed by atoms with Crippen molar-refractivity contribution in [2.45, 2.75) is 6.42 Å². The lowest BCUT2D eigenvalue weighted by Gasteiger charge is -2.13. The molecule has 0 bridgehead atoms. The molecule has 5 nitrogen and oxygen atoms in total. The summed E-state index contributed by atoms with van der Waals surface area (Å²) in [6.07, 6.45) is 1.78. The molecule has 7 heteroatoms. The number of rotatable bonds is 5. The number of carbonyl (C=O) groups is 2. The van der Waals surface area contributed by atoms with Gasteiger partial charge < -0.3 is 9.84 Å². The fourth-order valence-electron chi connectivity index (χ4n) is 2.33. The van der Waals surface area contributed by atoms with Crippen LogP contribution in [0.25, 0.3) is 6.08 Å². The number of hydrogen-bond acceptors (Lipinski definition) is 6. The minimum atomic E-state index is -0.503. The Labute approximate surface area is 160 Å². The molecule has 1 heterocycles. The van der Waals surface area contributed by atoms with Crippen molar-refractivity contribution in [1.82, 2.24) is 4.90 Å². The third-order valence-electron chi connectivity index (χ3n) is 3.56. The molecule has 2 aromatic rings. The Kier molecular flexibility index (Phi) is 5.70. The molecule has 0 saturated carbocycles. The van der Waals surface area contributed by atoms with Gasteiger partial charge in [-0.15, -0.1) is 0 Å². The second-order valence-corrected chi connectivity index (χ2v) is 7.14. The molecule has 0 aromatic heterocycles. The van der Waals surface area contributed by atoms with Gasteiger partial charge in [-0.05, 0) is 23.8 Å². The van der Waals surface area contributed by atoms with Crippen LogP contribution in [-0.4, -0.2) is 32.7 Å². The van der Waals surface area contributed by atoms with E-state index >= 15 is 0 Å². The van der Waals surface area contributed by atoms with E-state index in [9.17, 15) is 14.7 Å². The van der Waals surface area contributed by atoms with Gasteiger partial charge in [-0.2, -0.15) is 0 Å². The highest BCUT2D eigenvalue weighted by Crippen LogP contribution is 2.32. The predicted molar refractivity (Wildman–Crippen MR) is 105 cm³/mol. The third kappa shape index (κ3) is 4.50. The van der Waals surface area contributed by atoms with Crippen molar-refractivity contribution < 1.29 is 19.4 Å². The van der Waals surface area contributed by atoms with Gasteiger partial charge in [0.05, 0.1) is 11.3 Å². The number of hydrogen-bond donors (Lipinski definition) is 1. The number of amides is 1. The largest absolute Gasteiger partial charge is 0.508 e. The molecule has 1 amide bonds. The quantitative estimate of drug-likeness (QED) is 0.367. The fraction of sp³-hybridized carbons (Fsp3) is 0.105. The monoisotopic (exact) mass is 385 g/mol. The van der Waals surface area contributed by atoms with Crippen LogP contribution in [0.5, 0.6) is 11.5 Å². The van der Waals surface area contributed by atoms with Crippen molar-refractivity contribution in [3.05, 3.63) is 65.1 Å². The zero-order valence-corrected chi connectivity index (χ0v) is 15.3. The van der Waals surface area contributed by atoms with Crippen LogP contribution >= 0.6 is 24.0 Å². The maximum atomic E-state index is 12.5. The Morgan fingerprint density at radius 1 is 1.19 bits per heavy atom. The lowest BCUT2D eigenvalue weighted by molar-refractivity contribution is -0.134. The summed E-state index contributed by atoms with van der Waals surface area (Å²) in [6.45, 7) is 0.147. The van der Waals surface area contributed by atoms with Crippen molar-refractivity contribution in [3.8, 4) is 11.5 Å². The normalized spacial score (nSPS) is 15.5. The summed E-state index contributed by atoms with van der Waals surface area (Å²) >= 11 is 6.47. The smallest absolute Gasteiger partial charge is 0.313 e. The molecule has 2 aromatic carbocycles. The highest BCUT2D eigenvalue weighted by molar-refractivity contribution is 8.26. The zero-order chi connectivity index (χ0) is 18.5. The van der Waals surface area contributed by atoms with Gasteiger partial charge in [0.15, 0.2) is 0 Å². The molecule has 1 N–H and O–H groups in total. The summed E-state index contributed by atoms with van der Waals surface area (Å²) in [5, 5.41) is 9.38. The number of phenolic OH excluding ortho intramolecular Hbond substituents is 1. The van der Waals surface area contributed by atoms with Crippen LogP contribution in [0.15, 0.2) is 59.5 Å². The molecule has 1 fully saturated rings. The molecule has 0 radical (unpaired) electrons. The lowest BCUT2D eigenvalue weighted by Crippen LogP contribution is -2.31. The van der Waals surface area contributed by atoms with Crippen LogP contribution < -0.4 is 4.74 Å². The first-order valence-corrected chi connectivity index (χ1v) is 9.05. The van der Waals surface area contributed by atoms with E-state index < -0.39 is 5.97 Å². The molecular weight excluding hydrogens is 370 g/mol. The van der Waals surface area contributed by atoms with Gasteiger partial charge in [0, 0.05) is 12.6 Å². The maximum Gasteiger partial charge on any atom is 0.313 e. The first-order chi connectivity index (χ1) is 12.5. The number of phenols is 1. The minimum absolute atomic E-state index is 0.000708. The van der Waals surface area contributed by atoms with Crippen LogP contribution in [0, 0.1) is 0 Å². The van der Waals surface area contributed by atoms with Crippen molar-refractivity contribution in [1.29, 1.82) is 0 Å². The molecule has 1 aliphatic heterocycles. The number of carbonyl (C=O) groups excluding carboxylic acids is 2. The van der Waals surface area contributed by atoms with Crippen LogP contribution in [0.1, 0.15) is 12.0 Å². The van der Waals surface area contributed by atoms with E-state index in [1.807, 2.05) is 30.3 Å². The number of esters is 1. The molecule has 0 atom stereocenters. The Morgan fingerprint density at radius 3 is 2.69 bits per heavy atom. The Morgan fingerprint density at radius 2 is 1.96 bits per heavy atom. The topological polar surface area (TPSA) is 66.8 Å². The van der Waals surface area contributed by atoms with Crippen molar-refractivity contribution in [2.24, 2.45) is 0 Å². The van der Waals surface area contributed by atoms with Crippen LogP contribution in [-0.2, 0) is 9.59 Å². The number of benzene rings is 2. The fourth-order valence-corrected chi connectivity index (χ4v) is 3.63. The summed E-state index contributed by atoms with van der Waals surface area (Å²) in [6, 6.07) is 15.5. The number of ether oxygens (including phenoxy) is 1. The lowest BCUT2D eigenvalue weighted by atomic mass is 10.2. The standard InChI is InChI=1S/C19H15NO4S2/c21-14-7-4-8-15(12-14)24-17(22)9-10-20-18(23)16(26-19(20)25)11-13-5-2-1-3-6-13/h1-8,11-12,21H,9-10H2. The third-order valence-corrected chi connectivity index (χ3v) is 4.94. The molecular formula is C19H15NO4S2. The first-order valence-electron chi connectivity index (χ1n) is 7.83. The predicted octanol–water partition coefficient (Wildman–Crippen LogP) is 3.59. The maximum absolute atomic E-state index is 12.5. The molecule has 3 rings (SSSR count). The van der Waals surface area contributed by atoms with Gasteiger partial charge in [0.2, 0.25) is 0 Å². The second kappa shape index (κ2) is 8.16. The summed E-state index contributed by atoms with van der Waals surface area (Å²) in [4.78, 5) is 26.4. The second-order valence-electron chi connectivity index (χ2n) is 5.47. The number of thiocarbonyl (C=S) groups is 1. The molecule has 1 aliphatic rings. The van der Waals surface area contributed by atoms with E-state index in [0.717, 1.165) is 5.56 Å². The summed E-state index contributed by atoms with van der Waals surface area (Å²) in [5.74, 6) is -0.451. The van der Waals surface area contributed by atoms with E-state index in [4.69, 9.17) is 17.0 Å². The Bertz CT molecular complexity index is 880. The average Bonchev–Trinajstić information content (AvgIpc) is 2.87. The van der Waals surface area contributed by atoms with E-state index in [0.29, 0.717) is 9.23 Å². The molecule has 0 aliphatic carbocycles. The molecule has 132 valence electrons. The highest BCUT2D eigenvalue weighted by Gasteiger charge is 2.32. The first kappa shape index (κ1) is 18.2. The van der Waals surface area contributed by atoms with Gasteiger partial charge in [0.25, 0.3) is 5.91 Å². The van der Waals surface area contributed by atoms with Crippen LogP contribution in [0.3, 0.4) is 0 Å². The van der Waals surface area contributed by atoms with Crippen LogP contribution in [0.2, 0.25) is 0 Å². The van der Waals surface area contributed by atoms with Gasteiger partial charge >= 0.3 is 5.97 Å². The minimum Gasteiger partial charge on any atom is -0.508 e. The average molecular weight is 385 g/mol.